The number of benzene rings is 1. The van der Waals surface area contributed by atoms with E-state index in [1.54, 1.807) is 4.90 Å². The molecule has 1 aliphatic heterocycles. The Labute approximate surface area is 179 Å². The highest BCUT2D eigenvalue weighted by atomic mass is 35.5. The van der Waals surface area contributed by atoms with Crippen LogP contribution in [0.25, 0.3) is 0 Å². The molecule has 29 heavy (non-hydrogen) atoms. The molecule has 4 rings (SSSR count). The zero-order valence-corrected chi connectivity index (χ0v) is 17.4. The Bertz CT molecular complexity index is 937. The predicted molar refractivity (Wildman–Crippen MR) is 113 cm³/mol. The molecule has 1 aromatic heterocycles. The first-order chi connectivity index (χ1) is 13.9. The Morgan fingerprint density at radius 1 is 1.24 bits per heavy atom. The van der Waals surface area contributed by atoms with Crippen LogP contribution in [0.5, 0.6) is 0 Å². The SMILES string of the molecule is NC(=O)c1cc(Cl)cc(C2CCC(Cn3ccc(N4CCNC4=O)n3)CC2)c1Cl. The highest BCUT2D eigenvalue weighted by Crippen LogP contribution is 2.41. The summed E-state index contributed by atoms with van der Waals surface area (Å²) in [5, 5.41) is 8.25. The second-order valence-electron chi connectivity index (χ2n) is 7.72. The third-order valence-electron chi connectivity index (χ3n) is 5.82. The Morgan fingerprint density at radius 2 is 2.00 bits per heavy atom. The molecule has 1 aliphatic carbocycles. The van der Waals surface area contributed by atoms with Crippen LogP contribution in [0, 0.1) is 5.92 Å². The molecule has 154 valence electrons. The number of urea groups is 1. The number of rotatable bonds is 5. The molecule has 2 heterocycles. The Balaban J connectivity index is 1.39. The monoisotopic (exact) mass is 435 g/mol. The van der Waals surface area contributed by atoms with Gasteiger partial charge in [0.05, 0.1) is 10.6 Å². The number of aromatic nitrogens is 2. The largest absolute Gasteiger partial charge is 0.366 e. The minimum Gasteiger partial charge on any atom is -0.366 e. The minimum absolute atomic E-state index is 0.0931. The van der Waals surface area contributed by atoms with Crippen molar-refractivity contribution in [2.45, 2.75) is 38.1 Å². The van der Waals surface area contributed by atoms with Gasteiger partial charge in [-0.15, -0.1) is 0 Å². The van der Waals surface area contributed by atoms with Crippen molar-refractivity contribution >= 4 is 41.0 Å². The summed E-state index contributed by atoms with van der Waals surface area (Å²) in [6.07, 6.45) is 5.91. The minimum atomic E-state index is -0.561. The van der Waals surface area contributed by atoms with Gasteiger partial charge in [0, 0.05) is 36.9 Å². The second kappa shape index (κ2) is 8.24. The Kier molecular flexibility index (Phi) is 5.69. The summed E-state index contributed by atoms with van der Waals surface area (Å²) in [6, 6.07) is 5.16. The summed E-state index contributed by atoms with van der Waals surface area (Å²) in [5.74, 6) is 0.893. The van der Waals surface area contributed by atoms with E-state index in [1.807, 2.05) is 23.0 Å². The lowest BCUT2D eigenvalue weighted by Crippen LogP contribution is -2.28. The van der Waals surface area contributed by atoms with E-state index < -0.39 is 5.91 Å². The number of carbonyl (C=O) groups is 2. The second-order valence-corrected chi connectivity index (χ2v) is 8.53. The molecule has 3 N–H and O–H groups in total. The predicted octanol–water partition coefficient (Wildman–Crippen LogP) is 3.79. The first-order valence-corrected chi connectivity index (χ1v) is 10.6. The van der Waals surface area contributed by atoms with E-state index in [9.17, 15) is 9.59 Å². The highest BCUT2D eigenvalue weighted by molar-refractivity contribution is 6.36. The molecular formula is C20H23Cl2N5O2. The van der Waals surface area contributed by atoms with Crippen molar-refractivity contribution < 1.29 is 9.59 Å². The molecule has 2 fully saturated rings. The van der Waals surface area contributed by atoms with Gasteiger partial charge in [0.2, 0.25) is 5.91 Å². The molecule has 7 nitrogen and oxygen atoms in total. The van der Waals surface area contributed by atoms with Crippen molar-refractivity contribution in [1.29, 1.82) is 0 Å². The van der Waals surface area contributed by atoms with Crippen molar-refractivity contribution in [3.63, 3.8) is 0 Å². The number of hydrogen-bond acceptors (Lipinski definition) is 3. The Hall–Kier alpha value is -2.25. The van der Waals surface area contributed by atoms with Gasteiger partial charge in [0.25, 0.3) is 0 Å². The number of nitrogens with one attached hydrogen (secondary N) is 1. The standard InChI is InChI=1S/C20H23Cl2N5O2/c21-14-9-15(18(22)16(10-14)19(23)28)13-3-1-12(2-4-13)11-26-7-5-17(25-26)27-8-6-24-20(27)29/h5,7,9-10,12-13H,1-4,6,8,11H2,(H2,23,28)(H,24,29). The van der Waals surface area contributed by atoms with Crippen molar-refractivity contribution in [3.05, 3.63) is 45.6 Å². The highest BCUT2D eigenvalue weighted by Gasteiger charge is 2.27. The summed E-state index contributed by atoms with van der Waals surface area (Å²) >= 11 is 12.6. The topological polar surface area (TPSA) is 93.3 Å². The molecule has 3 amide bonds. The van der Waals surface area contributed by atoms with Gasteiger partial charge in [-0.1, -0.05) is 23.2 Å². The summed E-state index contributed by atoms with van der Waals surface area (Å²) in [6.45, 7) is 2.12. The molecule has 1 aromatic carbocycles. The van der Waals surface area contributed by atoms with Crippen LogP contribution in [0.1, 0.15) is 47.5 Å². The van der Waals surface area contributed by atoms with E-state index in [-0.39, 0.29) is 17.5 Å². The number of nitrogens with two attached hydrogens (primary N) is 1. The van der Waals surface area contributed by atoms with Crippen LogP contribution in [0.3, 0.4) is 0 Å². The van der Waals surface area contributed by atoms with Crippen LogP contribution in [-0.4, -0.2) is 34.8 Å². The van der Waals surface area contributed by atoms with Gasteiger partial charge in [-0.3, -0.25) is 14.4 Å². The number of nitrogens with zero attached hydrogens (tertiary/aromatic N) is 3. The van der Waals surface area contributed by atoms with Gasteiger partial charge in [-0.25, -0.2) is 4.79 Å². The van der Waals surface area contributed by atoms with Crippen molar-refractivity contribution in [3.8, 4) is 0 Å². The molecule has 9 heteroatoms. The van der Waals surface area contributed by atoms with Crippen molar-refractivity contribution in [2.75, 3.05) is 18.0 Å². The van der Waals surface area contributed by atoms with Crippen molar-refractivity contribution in [2.24, 2.45) is 11.7 Å². The molecule has 1 saturated carbocycles. The van der Waals surface area contributed by atoms with Crippen LogP contribution in [0.2, 0.25) is 10.0 Å². The van der Waals surface area contributed by atoms with Gasteiger partial charge < -0.3 is 11.1 Å². The lowest BCUT2D eigenvalue weighted by atomic mass is 9.78. The zero-order chi connectivity index (χ0) is 20.5. The molecule has 2 aliphatic rings. The zero-order valence-electron chi connectivity index (χ0n) is 15.9. The van der Waals surface area contributed by atoms with Crippen LogP contribution in [0.15, 0.2) is 24.4 Å². The number of halogens is 2. The summed E-state index contributed by atoms with van der Waals surface area (Å²) in [4.78, 5) is 25.1. The number of primary amides is 1. The average molecular weight is 436 g/mol. The van der Waals surface area contributed by atoms with Gasteiger partial charge in [-0.05, 0) is 55.2 Å². The van der Waals surface area contributed by atoms with Gasteiger partial charge in [-0.2, -0.15) is 5.10 Å². The molecule has 2 aromatic rings. The van der Waals surface area contributed by atoms with Crippen LogP contribution >= 0.6 is 23.2 Å². The summed E-state index contributed by atoms with van der Waals surface area (Å²) < 4.78 is 1.92. The number of carbonyl (C=O) groups excluding carboxylic acids is 2. The van der Waals surface area contributed by atoms with Crippen LogP contribution < -0.4 is 16.0 Å². The molecule has 0 atom stereocenters. The summed E-state index contributed by atoms with van der Waals surface area (Å²) in [5.41, 5.74) is 6.62. The molecule has 0 unspecified atom stereocenters. The van der Waals surface area contributed by atoms with E-state index in [0.717, 1.165) is 37.8 Å². The van der Waals surface area contributed by atoms with Gasteiger partial charge >= 0.3 is 6.03 Å². The quantitative estimate of drug-likeness (QED) is 0.747. The van der Waals surface area contributed by atoms with Crippen LogP contribution in [0.4, 0.5) is 10.6 Å². The van der Waals surface area contributed by atoms with Gasteiger partial charge in [0.1, 0.15) is 0 Å². The maximum atomic E-state index is 11.8. The smallest absolute Gasteiger partial charge is 0.323 e. The number of hydrogen-bond donors (Lipinski definition) is 2. The molecule has 1 saturated heterocycles. The molecule has 0 bridgehead atoms. The molecule has 0 spiro atoms. The number of amides is 3. The molecular weight excluding hydrogens is 413 g/mol. The van der Waals surface area contributed by atoms with Gasteiger partial charge in [0.15, 0.2) is 5.82 Å². The fraction of sp³-hybridized carbons (Fsp3) is 0.450. The van der Waals surface area contributed by atoms with E-state index in [1.165, 1.54) is 6.07 Å². The Morgan fingerprint density at radius 3 is 2.66 bits per heavy atom. The average Bonchev–Trinajstić information content (AvgIpc) is 3.32. The maximum Gasteiger partial charge on any atom is 0.323 e. The first-order valence-electron chi connectivity index (χ1n) is 9.80. The van der Waals surface area contributed by atoms with Crippen LogP contribution in [-0.2, 0) is 6.54 Å². The maximum absolute atomic E-state index is 11.8. The fourth-order valence-electron chi connectivity index (χ4n) is 4.29. The third-order valence-corrected chi connectivity index (χ3v) is 6.46. The molecule has 0 radical (unpaired) electrons. The lowest BCUT2D eigenvalue weighted by molar-refractivity contribution is 0.1000. The number of anilines is 1. The third kappa shape index (κ3) is 4.21. The van der Waals surface area contributed by atoms with E-state index in [4.69, 9.17) is 28.9 Å². The van der Waals surface area contributed by atoms with E-state index >= 15 is 0 Å². The normalized spacial score (nSPS) is 22.0. The van der Waals surface area contributed by atoms with E-state index in [2.05, 4.69) is 10.4 Å². The first kappa shape index (κ1) is 20.0. The van der Waals surface area contributed by atoms with E-state index in [0.29, 0.717) is 34.9 Å². The summed E-state index contributed by atoms with van der Waals surface area (Å²) in [7, 11) is 0. The van der Waals surface area contributed by atoms with Crippen molar-refractivity contribution in [1.82, 2.24) is 15.1 Å². The fourth-order valence-corrected chi connectivity index (χ4v) is 4.88. The lowest BCUT2D eigenvalue weighted by Gasteiger charge is -2.29.